The third-order valence-electron chi connectivity index (χ3n) is 5.35. The van der Waals surface area contributed by atoms with Crippen LogP contribution in [0, 0.1) is 0 Å². The van der Waals surface area contributed by atoms with E-state index in [0.717, 1.165) is 17.5 Å². The van der Waals surface area contributed by atoms with E-state index in [1.165, 1.54) is 5.56 Å². The molecule has 1 unspecified atom stereocenters. The van der Waals surface area contributed by atoms with Crippen molar-refractivity contribution in [3.8, 4) is 22.6 Å². The summed E-state index contributed by atoms with van der Waals surface area (Å²) in [5.74, 6) is 1.24. The number of methoxy groups -OCH3 is 2. The highest BCUT2D eigenvalue weighted by Crippen LogP contribution is 2.39. The first kappa shape index (κ1) is 20.5. The summed E-state index contributed by atoms with van der Waals surface area (Å²) in [6.45, 7) is 2.07. The van der Waals surface area contributed by atoms with Crippen molar-refractivity contribution < 1.29 is 19.1 Å². The maximum absolute atomic E-state index is 12.6. The molecule has 2 aromatic carbocycles. The Bertz CT molecular complexity index is 1120. The zero-order chi connectivity index (χ0) is 22.0. The lowest BCUT2D eigenvalue weighted by Crippen LogP contribution is -2.23. The molecule has 0 spiro atoms. The van der Waals surface area contributed by atoms with E-state index in [4.69, 9.17) is 9.47 Å². The van der Waals surface area contributed by atoms with Gasteiger partial charge in [0.15, 0.2) is 11.5 Å². The van der Waals surface area contributed by atoms with Gasteiger partial charge >= 0.3 is 0 Å². The van der Waals surface area contributed by atoms with Gasteiger partial charge in [-0.1, -0.05) is 25.1 Å². The van der Waals surface area contributed by atoms with Crippen LogP contribution in [0.3, 0.4) is 0 Å². The largest absolute Gasteiger partial charge is 0.493 e. The molecule has 4 rings (SSSR count). The first-order chi connectivity index (χ1) is 15.0. The Morgan fingerprint density at radius 1 is 1.13 bits per heavy atom. The van der Waals surface area contributed by atoms with Crippen LogP contribution in [-0.4, -0.2) is 35.8 Å². The van der Waals surface area contributed by atoms with Crippen LogP contribution in [0.5, 0.6) is 11.5 Å². The van der Waals surface area contributed by atoms with E-state index < -0.39 is 6.04 Å². The van der Waals surface area contributed by atoms with Crippen LogP contribution in [0.4, 0.5) is 11.5 Å². The van der Waals surface area contributed by atoms with Gasteiger partial charge in [0.25, 0.3) is 5.91 Å². The van der Waals surface area contributed by atoms with E-state index in [2.05, 4.69) is 22.7 Å². The number of fused-ring (bicyclic) bond motifs is 1. The maximum Gasteiger partial charge on any atom is 0.251 e. The number of carbonyl (C=O) groups is 2. The van der Waals surface area contributed by atoms with Crippen LogP contribution in [0.25, 0.3) is 11.1 Å². The van der Waals surface area contributed by atoms with Crippen LogP contribution in [0.15, 0.2) is 48.7 Å². The summed E-state index contributed by atoms with van der Waals surface area (Å²) in [6.07, 6.45) is 2.59. The van der Waals surface area contributed by atoms with E-state index in [1.807, 2.05) is 36.4 Å². The standard InChI is InChI=1S/C23H24N4O4/c1-4-14-5-8-16(9-6-14)25-21(28)12-18-23(29)26-22-17(13-24-27(18)22)15-7-10-19(30-2)20(11-15)31-3/h5-11,13,18H,4,12H2,1-3H3,(H,25,28)(H,26,29). The average molecular weight is 420 g/mol. The molecule has 1 aliphatic rings. The number of hydrogen-bond donors (Lipinski definition) is 2. The Labute approximate surface area is 180 Å². The number of nitrogens with one attached hydrogen (secondary N) is 2. The number of nitrogens with zero attached hydrogens (tertiary/aromatic N) is 2. The third-order valence-corrected chi connectivity index (χ3v) is 5.35. The average Bonchev–Trinajstić information content (AvgIpc) is 3.33. The van der Waals surface area contributed by atoms with Gasteiger partial charge in [0.2, 0.25) is 5.91 Å². The van der Waals surface area contributed by atoms with Crippen molar-refractivity contribution in [2.24, 2.45) is 0 Å². The smallest absolute Gasteiger partial charge is 0.251 e. The molecule has 2 heterocycles. The van der Waals surface area contributed by atoms with Gasteiger partial charge in [0, 0.05) is 11.3 Å². The Morgan fingerprint density at radius 2 is 1.87 bits per heavy atom. The predicted molar refractivity (Wildman–Crippen MR) is 118 cm³/mol. The predicted octanol–water partition coefficient (Wildman–Crippen LogP) is 3.65. The van der Waals surface area contributed by atoms with Crippen LogP contribution >= 0.6 is 0 Å². The molecule has 0 radical (unpaired) electrons. The highest BCUT2D eigenvalue weighted by molar-refractivity contribution is 6.04. The molecule has 0 bridgehead atoms. The second kappa shape index (κ2) is 8.51. The van der Waals surface area contributed by atoms with Crippen molar-refractivity contribution in [1.29, 1.82) is 0 Å². The van der Waals surface area contributed by atoms with Gasteiger partial charge in [-0.05, 0) is 41.8 Å². The molecule has 0 saturated heterocycles. The maximum atomic E-state index is 12.6. The number of benzene rings is 2. The summed E-state index contributed by atoms with van der Waals surface area (Å²) in [6, 6.07) is 12.4. The van der Waals surface area contributed by atoms with Gasteiger partial charge < -0.3 is 20.1 Å². The van der Waals surface area contributed by atoms with Crippen LogP contribution in [-0.2, 0) is 16.0 Å². The Kier molecular flexibility index (Phi) is 5.62. The van der Waals surface area contributed by atoms with Gasteiger partial charge in [-0.3, -0.25) is 9.59 Å². The lowest BCUT2D eigenvalue weighted by atomic mass is 10.1. The van der Waals surface area contributed by atoms with E-state index in [-0.39, 0.29) is 18.2 Å². The summed E-state index contributed by atoms with van der Waals surface area (Å²) in [7, 11) is 3.14. The first-order valence-electron chi connectivity index (χ1n) is 10.0. The highest BCUT2D eigenvalue weighted by Gasteiger charge is 2.35. The van der Waals surface area contributed by atoms with Gasteiger partial charge in [-0.2, -0.15) is 5.10 Å². The number of aryl methyl sites for hydroxylation is 1. The number of ether oxygens (including phenoxy) is 2. The van der Waals surface area contributed by atoms with Crippen LogP contribution < -0.4 is 20.1 Å². The van der Waals surface area contributed by atoms with Gasteiger partial charge in [-0.25, -0.2) is 4.68 Å². The fourth-order valence-corrected chi connectivity index (χ4v) is 3.64. The summed E-state index contributed by atoms with van der Waals surface area (Å²) in [4.78, 5) is 25.1. The Balaban J connectivity index is 1.53. The topological polar surface area (TPSA) is 94.5 Å². The van der Waals surface area contributed by atoms with E-state index in [9.17, 15) is 9.59 Å². The molecule has 8 heteroatoms. The lowest BCUT2D eigenvalue weighted by molar-refractivity contribution is -0.123. The molecule has 1 aliphatic heterocycles. The fourth-order valence-electron chi connectivity index (χ4n) is 3.64. The van der Waals surface area contributed by atoms with E-state index in [0.29, 0.717) is 23.0 Å². The Morgan fingerprint density at radius 3 is 2.55 bits per heavy atom. The molecule has 1 aromatic heterocycles. The first-order valence-corrected chi connectivity index (χ1v) is 10.0. The summed E-state index contributed by atoms with van der Waals surface area (Å²) in [5.41, 5.74) is 3.46. The SMILES string of the molecule is CCc1ccc(NC(=O)CC2C(=O)Nc3c(-c4ccc(OC)c(OC)c4)cnn32)cc1. The zero-order valence-corrected chi connectivity index (χ0v) is 17.6. The molecule has 8 nitrogen and oxygen atoms in total. The number of rotatable bonds is 7. The number of anilines is 2. The van der Waals surface area contributed by atoms with Crippen LogP contribution in [0.1, 0.15) is 24.9 Å². The molecule has 0 fully saturated rings. The van der Waals surface area contributed by atoms with Gasteiger partial charge in [0.1, 0.15) is 11.9 Å². The van der Waals surface area contributed by atoms with Crippen molar-refractivity contribution in [1.82, 2.24) is 9.78 Å². The summed E-state index contributed by atoms with van der Waals surface area (Å²) < 4.78 is 12.2. The van der Waals surface area contributed by atoms with Crippen molar-refractivity contribution in [3.05, 3.63) is 54.2 Å². The summed E-state index contributed by atoms with van der Waals surface area (Å²) in [5, 5.41) is 10.1. The highest BCUT2D eigenvalue weighted by atomic mass is 16.5. The molecule has 160 valence electrons. The molecule has 1 atom stereocenters. The number of carbonyl (C=O) groups excluding carboxylic acids is 2. The Hall–Kier alpha value is -3.81. The van der Waals surface area contributed by atoms with Crippen molar-refractivity contribution >= 4 is 23.3 Å². The van der Waals surface area contributed by atoms with Crippen molar-refractivity contribution in [2.75, 3.05) is 24.9 Å². The second-order valence-corrected chi connectivity index (χ2v) is 7.23. The zero-order valence-electron chi connectivity index (χ0n) is 17.6. The minimum absolute atomic E-state index is 0.0125. The quantitative estimate of drug-likeness (QED) is 0.608. The van der Waals surface area contributed by atoms with E-state index >= 15 is 0 Å². The van der Waals surface area contributed by atoms with Crippen molar-refractivity contribution in [2.45, 2.75) is 25.8 Å². The monoisotopic (exact) mass is 420 g/mol. The third kappa shape index (κ3) is 3.96. The lowest BCUT2D eigenvalue weighted by Gasteiger charge is -2.10. The number of aromatic nitrogens is 2. The molecule has 31 heavy (non-hydrogen) atoms. The van der Waals surface area contributed by atoms with Crippen LogP contribution in [0.2, 0.25) is 0 Å². The normalized spacial score (nSPS) is 14.7. The minimum Gasteiger partial charge on any atom is -0.493 e. The fraction of sp³-hybridized carbons (Fsp3) is 0.261. The van der Waals surface area contributed by atoms with Crippen molar-refractivity contribution in [3.63, 3.8) is 0 Å². The molecule has 3 aromatic rings. The summed E-state index contributed by atoms with van der Waals surface area (Å²) >= 11 is 0. The van der Waals surface area contributed by atoms with Gasteiger partial charge in [-0.15, -0.1) is 0 Å². The van der Waals surface area contributed by atoms with Gasteiger partial charge in [0.05, 0.1) is 26.8 Å². The second-order valence-electron chi connectivity index (χ2n) is 7.23. The molecule has 2 amide bonds. The molecule has 2 N–H and O–H groups in total. The molecular formula is C23H24N4O4. The minimum atomic E-state index is -0.709. The molecular weight excluding hydrogens is 396 g/mol. The molecule has 0 aliphatic carbocycles. The molecule has 0 saturated carbocycles. The number of hydrogen-bond acceptors (Lipinski definition) is 5. The van der Waals surface area contributed by atoms with E-state index in [1.54, 1.807) is 31.2 Å². The number of amides is 2.